The number of hydrogen-bond donors (Lipinski definition) is 1. The number of carbonyl (C=O) groups excluding carboxylic acids is 2. The highest BCUT2D eigenvalue weighted by atomic mass is 35.5. The Morgan fingerprint density at radius 1 is 1.07 bits per heavy atom. The van der Waals surface area contributed by atoms with E-state index in [0.717, 1.165) is 16.9 Å². The minimum absolute atomic E-state index is 0.117. The van der Waals surface area contributed by atoms with Crippen LogP contribution < -0.4 is 10.1 Å². The first-order chi connectivity index (χ1) is 12.9. The lowest BCUT2D eigenvalue weighted by atomic mass is 10.1. The zero-order valence-electron chi connectivity index (χ0n) is 15.9. The van der Waals surface area contributed by atoms with Gasteiger partial charge in [0.1, 0.15) is 11.8 Å². The van der Waals surface area contributed by atoms with Crippen LogP contribution in [0.1, 0.15) is 25.0 Å². The summed E-state index contributed by atoms with van der Waals surface area (Å²) in [5, 5.41) is 3.42. The van der Waals surface area contributed by atoms with Crippen molar-refractivity contribution in [3.63, 3.8) is 0 Å². The third-order valence-electron chi connectivity index (χ3n) is 4.30. The van der Waals surface area contributed by atoms with Gasteiger partial charge in [0.25, 0.3) is 0 Å². The zero-order chi connectivity index (χ0) is 19.8. The lowest BCUT2D eigenvalue weighted by molar-refractivity contribution is -0.140. The molecule has 2 rings (SSSR count). The summed E-state index contributed by atoms with van der Waals surface area (Å²) in [6.45, 7) is 4.45. The average Bonchev–Trinajstić information content (AvgIpc) is 2.67. The van der Waals surface area contributed by atoms with Crippen molar-refractivity contribution in [1.82, 2.24) is 10.2 Å². The molecule has 5 nitrogen and oxygen atoms in total. The Balaban J connectivity index is 2.19. The largest absolute Gasteiger partial charge is 0.497 e. The number of methoxy groups -OCH3 is 1. The van der Waals surface area contributed by atoms with Gasteiger partial charge in [-0.1, -0.05) is 35.9 Å². The van der Waals surface area contributed by atoms with Crippen molar-refractivity contribution in [1.29, 1.82) is 0 Å². The molecule has 0 radical (unpaired) electrons. The van der Waals surface area contributed by atoms with Crippen LogP contribution in [0.15, 0.2) is 48.5 Å². The summed E-state index contributed by atoms with van der Waals surface area (Å²) in [6.07, 6.45) is 0.210. The highest BCUT2D eigenvalue weighted by molar-refractivity contribution is 6.30. The number of benzene rings is 2. The van der Waals surface area contributed by atoms with Crippen molar-refractivity contribution < 1.29 is 14.3 Å². The second-order valence-electron chi connectivity index (χ2n) is 6.24. The predicted molar refractivity (Wildman–Crippen MR) is 107 cm³/mol. The molecular weight excluding hydrogens is 364 g/mol. The summed E-state index contributed by atoms with van der Waals surface area (Å²) in [5.74, 6) is 0.448. The van der Waals surface area contributed by atoms with Gasteiger partial charge in [-0.25, -0.2) is 0 Å². The minimum atomic E-state index is -0.577. The highest BCUT2D eigenvalue weighted by Gasteiger charge is 2.25. The summed E-state index contributed by atoms with van der Waals surface area (Å²) < 4.78 is 5.15. The van der Waals surface area contributed by atoms with Gasteiger partial charge in [-0.3, -0.25) is 9.59 Å². The van der Waals surface area contributed by atoms with Gasteiger partial charge in [0.2, 0.25) is 11.8 Å². The maximum absolute atomic E-state index is 13.0. The van der Waals surface area contributed by atoms with E-state index in [2.05, 4.69) is 5.32 Å². The summed E-state index contributed by atoms with van der Waals surface area (Å²) >= 11 is 5.94. The van der Waals surface area contributed by atoms with E-state index in [-0.39, 0.29) is 18.2 Å². The molecule has 0 aliphatic carbocycles. The average molecular weight is 389 g/mol. The molecule has 0 saturated heterocycles. The molecule has 0 fully saturated rings. The van der Waals surface area contributed by atoms with E-state index in [1.54, 1.807) is 31.1 Å². The molecule has 0 saturated carbocycles. The molecule has 2 amide bonds. The molecule has 2 aromatic carbocycles. The minimum Gasteiger partial charge on any atom is -0.497 e. The fraction of sp³-hybridized carbons (Fsp3) is 0.333. The van der Waals surface area contributed by atoms with Gasteiger partial charge in [-0.05, 0) is 49.2 Å². The van der Waals surface area contributed by atoms with Crippen LogP contribution in [-0.4, -0.2) is 36.4 Å². The lowest BCUT2D eigenvalue weighted by Crippen LogP contribution is -2.48. The molecule has 144 valence electrons. The van der Waals surface area contributed by atoms with E-state index in [1.165, 1.54) is 0 Å². The van der Waals surface area contributed by atoms with E-state index in [0.29, 0.717) is 18.1 Å². The first kappa shape index (κ1) is 20.8. The first-order valence-electron chi connectivity index (χ1n) is 8.89. The number of amides is 2. The van der Waals surface area contributed by atoms with Crippen LogP contribution in [0.25, 0.3) is 0 Å². The molecule has 0 aliphatic rings. The monoisotopic (exact) mass is 388 g/mol. The Bertz CT molecular complexity index is 760. The Hall–Kier alpha value is -2.53. The molecule has 0 spiro atoms. The number of ether oxygens (including phenoxy) is 1. The topological polar surface area (TPSA) is 58.6 Å². The summed E-state index contributed by atoms with van der Waals surface area (Å²) in [7, 11) is 1.60. The lowest BCUT2D eigenvalue weighted by Gasteiger charge is -2.29. The van der Waals surface area contributed by atoms with Gasteiger partial charge >= 0.3 is 0 Å². The van der Waals surface area contributed by atoms with Crippen molar-refractivity contribution in [3.05, 3.63) is 64.7 Å². The Kier molecular flexibility index (Phi) is 7.67. The molecule has 0 aromatic heterocycles. The van der Waals surface area contributed by atoms with Crippen molar-refractivity contribution >= 4 is 23.4 Å². The van der Waals surface area contributed by atoms with Crippen LogP contribution in [0.2, 0.25) is 5.02 Å². The van der Waals surface area contributed by atoms with Crippen LogP contribution in [0, 0.1) is 0 Å². The molecule has 0 heterocycles. The van der Waals surface area contributed by atoms with E-state index in [9.17, 15) is 9.59 Å². The van der Waals surface area contributed by atoms with Crippen molar-refractivity contribution in [2.24, 2.45) is 0 Å². The molecule has 0 aliphatic heterocycles. The van der Waals surface area contributed by atoms with Gasteiger partial charge in [0.05, 0.1) is 13.5 Å². The third-order valence-corrected chi connectivity index (χ3v) is 4.55. The number of halogens is 1. The van der Waals surface area contributed by atoms with E-state index in [1.807, 2.05) is 43.3 Å². The van der Waals surface area contributed by atoms with E-state index >= 15 is 0 Å². The number of carbonyl (C=O) groups is 2. The number of nitrogens with one attached hydrogen (secondary N) is 1. The van der Waals surface area contributed by atoms with Crippen LogP contribution in [-0.2, 0) is 22.6 Å². The van der Waals surface area contributed by atoms with Crippen LogP contribution >= 0.6 is 11.6 Å². The van der Waals surface area contributed by atoms with Crippen LogP contribution in [0.3, 0.4) is 0 Å². The van der Waals surface area contributed by atoms with Gasteiger partial charge in [-0.2, -0.15) is 0 Å². The fourth-order valence-corrected chi connectivity index (χ4v) is 2.84. The molecule has 1 atom stereocenters. The second-order valence-corrected chi connectivity index (χ2v) is 6.68. The predicted octanol–water partition coefficient (Wildman–Crippen LogP) is 3.44. The standard InChI is InChI=1S/C21H25ClN2O3/c1-4-23-21(26)15(2)24(14-17-5-9-18(22)10-6-17)20(25)13-16-7-11-19(27-3)12-8-16/h5-12,15H,4,13-14H2,1-3H3,(H,23,26). The molecule has 1 N–H and O–H groups in total. The maximum Gasteiger partial charge on any atom is 0.242 e. The van der Waals surface area contributed by atoms with Gasteiger partial charge < -0.3 is 15.0 Å². The quantitative estimate of drug-likeness (QED) is 0.753. The molecule has 1 unspecified atom stereocenters. The first-order valence-corrected chi connectivity index (χ1v) is 9.27. The summed E-state index contributed by atoms with van der Waals surface area (Å²) in [6, 6.07) is 14.0. The number of nitrogens with zero attached hydrogens (tertiary/aromatic N) is 1. The number of hydrogen-bond acceptors (Lipinski definition) is 3. The second kappa shape index (κ2) is 9.97. The van der Waals surface area contributed by atoms with Crippen LogP contribution in [0.5, 0.6) is 5.75 Å². The normalized spacial score (nSPS) is 11.6. The fourth-order valence-electron chi connectivity index (χ4n) is 2.71. The molecule has 2 aromatic rings. The van der Waals surface area contributed by atoms with Crippen molar-refractivity contribution in [2.75, 3.05) is 13.7 Å². The van der Waals surface area contributed by atoms with Crippen LogP contribution in [0.4, 0.5) is 0 Å². The molecule has 6 heteroatoms. The highest BCUT2D eigenvalue weighted by Crippen LogP contribution is 2.16. The van der Waals surface area contributed by atoms with Gasteiger partial charge in [0.15, 0.2) is 0 Å². The Labute approximate surface area is 165 Å². The SMILES string of the molecule is CCNC(=O)C(C)N(Cc1ccc(Cl)cc1)C(=O)Cc1ccc(OC)cc1. The molecule has 0 bridgehead atoms. The smallest absolute Gasteiger partial charge is 0.242 e. The van der Waals surface area contributed by atoms with E-state index in [4.69, 9.17) is 16.3 Å². The maximum atomic E-state index is 13.0. The molecular formula is C21H25ClN2O3. The van der Waals surface area contributed by atoms with Crippen molar-refractivity contribution in [3.8, 4) is 5.75 Å². The Morgan fingerprint density at radius 3 is 2.22 bits per heavy atom. The number of rotatable bonds is 8. The summed E-state index contributed by atoms with van der Waals surface area (Å²) in [5.41, 5.74) is 1.78. The van der Waals surface area contributed by atoms with Gasteiger partial charge in [0, 0.05) is 18.1 Å². The Morgan fingerprint density at radius 2 is 1.67 bits per heavy atom. The van der Waals surface area contributed by atoms with Crippen molar-refractivity contribution in [2.45, 2.75) is 32.9 Å². The van der Waals surface area contributed by atoms with Gasteiger partial charge in [-0.15, -0.1) is 0 Å². The zero-order valence-corrected chi connectivity index (χ0v) is 16.6. The number of likely N-dealkylation sites (N-methyl/N-ethyl adjacent to an activating group) is 1. The summed E-state index contributed by atoms with van der Waals surface area (Å²) in [4.78, 5) is 26.9. The third kappa shape index (κ3) is 6.00. The molecule has 27 heavy (non-hydrogen) atoms. The van der Waals surface area contributed by atoms with E-state index < -0.39 is 6.04 Å².